The number of nitrogens with two attached hydrogens (primary N) is 1. The SMILES string of the molecule is CC[C@H](C)[C@H](N)C(=O)N(C)c1ccc([N+](=O)[O-])cc1. The molecule has 0 saturated carbocycles. The summed E-state index contributed by atoms with van der Waals surface area (Å²) < 4.78 is 0. The maximum absolute atomic E-state index is 12.1. The van der Waals surface area contributed by atoms with Crippen molar-refractivity contribution in [1.29, 1.82) is 0 Å². The Hall–Kier alpha value is -1.95. The van der Waals surface area contributed by atoms with E-state index in [0.717, 1.165) is 6.42 Å². The second-order valence-electron chi connectivity index (χ2n) is 4.58. The number of carbonyl (C=O) groups is 1. The predicted octanol–water partition coefficient (Wildman–Crippen LogP) is 1.93. The van der Waals surface area contributed by atoms with E-state index in [1.807, 2.05) is 13.8 Å². The maximum atomic E-state index is 12.1. The van der Waals surface area contributed by atoms with Gasteiger partial charge in [0.2, 0.25) is 5.91 Å². The van der Waals surface area contributed by atoms with Crippen molar-refractivity contribution in [2.24, 2.45) is 11.7 Å². The number of rotatable bonds is 5. The van der Waals surface area contributed by atoms with Crippen LogP contribution in [0.1, 0.15) is 20.3 Å². The van der Waals surface area contributed by atoms with Crippen molar-refractivity contribution in [2.45, 2.75) is 26.3 Å². The van der Waals surface area contributed by atoms with Crippen LogP contribution < -0.4 is 10.6 Å². The Kier molecular flexibility index (Phi) is 5.00. The first-order chi connectivity index (χ1) is 8.88. The zero-order valence-corrected chi connectivity index (χ0v) is 11.4. The Morgan fingerprint density at radius 2 is 1.95 bits per heavy atom. The van der Waals surface area contributed by atoms with Gasteiger partial charge in [-0.05, 0) is 18.1 Å². The fourth-order valence-corrected chi connectivity index (χ4v) is 1.65. The number of benzene rings is 1. The van der Waals surface area contributed by atoms with Gasteiger partial charge < -0.3 is 10.6 Å². The molecule has 0 aliphatic carbocycles. The molecule has 6 nitrogen and oxygen atoms in total. The molecule has 0 aliphatic heterocycles. The minimum absolute atomic E-state index is 0.00387. The van der Waals surface area contributed by atoms with Gasteiger partial charge in [0, 0.05) is 24.9 Å². The average Bonchev–Trinajstić information content (AvgIpc) is 2.44. The van der Waals surface area contributed by atoms with Crippen LogP contribution in [-0.4, -0.2) is 23.9 Å². The molecule has 0 aliphatic rings. The van der Waals surface area contributed by atoms with E-state index < -0.39 is 11.0 Å². The lowest BCUT2D eigenvalue weighted by molar-refractivity contribution is -0.384. The number of likely N-dealkylation sites (N-methyl/N-ethyl adjacent to an activating group) is 1. The fourth-order valence-electron chi connectivity index (χ4n) is 1.65. The van der Waals surface area contributed by atoms with E-state index in [1.165, 1.54) is 17.0 Å². The van der Waals surface area contributed by atoms with Crippen LogP contribution in [0.5, 0.6) is 0 Å². The van der Waals surface area contributed by atoms with Gasteiger partial charge >= 0.3 is 0 Å². The van der Waals surface area contributed by atoms with E-state index in [2.05, 4.69) is 0 Å². The third-order valence-electron chi connectivity index (χ3n) is 3.32. The summed E-state index contributed by atoms with van der Waals surface area (Å²) >= 11 is 0. The molecule has 19 heavy (non-hydrogen) atoms. The highest BCUT2D eigenvalue weighted by molar-refractivity contribution is 5.96. The Morgan fingerprint density at radius 3 is 2.37 bits per heavy atom. The molecule has 0 aromatic heterocycles. The summed E-state index contributed by atoms with van der Waals surface area (Å²) in [4.78, 5) is 23.6. The maximum Gasteiger partial charge on any atom is 0.269 e. The molecule has 1 aromatic carbocycles. The van der Waals surface area contributed by atoms with Crippen molar-refractivity contribution in [2.75, 3.05) is 11.9 Å². The molecule has 0 fully saturated rings. The molecule has 104 valence electrons. The third kappa shape index (κ3) is 3.51. The van der Waals surface area contributed by atoms with Crippen LogP contribution >= 0.6 is 0 Å². The monoisotopic (exact) mass is 265 g/mol. The predicted molar refractivity (Wildman–Crippen MR) is 73.9 cm³/mol. The highest BCUT2D eigenvalue weighted by Gasteiger charge is 2.23. The third-order valence-corrected chi connectivity index (χ3v) is 3.32. The summed E-state index contributed by atoms with van der Waals surface area (Å²) in [7, 11) is 1.62. The van der Waals surface area contributed by atoms with Gasteiger partial charge in [0.25, 0.3) is 5.69 Å². The number of hydrogen-bond acceptors (Lipinski definition) is 4. The first-order valence-corrected chi connectivity index (χ1v) is 6.16. The Bertz CT molecular complexity index is 459. The standard InChI is InChI=1S/C13H19N3O3/c1-4-9(2)12(14)13(17)15(3)10-5-7-11(8-6-10)16(18)19/h5-9,12H,4,14H2,1-3H3/t9-,12-/m0/s1. The largest absolute Gasteiger partial charge is 0.320 e. The van der Waals surface area contributed by atoms with E-state index in [0.29, 0.717) is 5.69 Å². The number of hydrogen-bond donors (Lipinski definition) is 1. The Labute approximate surface area is 112 Å². The summed E-state index contributed by atoms with van der Waals surface area (Å²) in [6, 6.07) is 5.26. The molecule has 0 unspecified atom stereocenters. The highest BCUT2D eigenvalue weighted by Crippen LogP contribution is 2.20. The van der Waals surface area contributed by atoms with Crippen LogP contribution in [0.15, 0.2) is 24.3 Å². The molecule has 0 radical (unpaired) electrons. The van der Waals surface area contributed by atoms with Gasteiger partial charge in [-0.25, -0.2) is 0 Å². The van der Waals surface area contributed by atoms with Crippen molar-refractivity contribution in [3.05, 3.63) is 34.4 Å². The first-order valence-electron chi connectivity index (χ1n) is 6.16. The molecule has 2 atom stereocenters. The second kappa shape index (κ2) is 6.29. The molecular weight excluding hydrogens is 246 g/mol. The average molecular weight is 265 g/mol. The summed E-state index contributed by atoms with van der Waals surface area (Å²) in [5.41, 5.74) is 6.48. The van der Waals surface area contributed by atoms with E-state index >= 15 is 0 Å². The molecule has 0 spiro atoms. The van der Waals surface area contributed by atoms with Crippen LogP contribution in [0.2, 0.25) is 0 Å². The highest BCUT2D eigenvalue weighted by atomic mass is 16.6. The lowest BCUT2D eigenvalue weighted by Crippen LogP contribution is -2.45. The van der Waals surface area contributed by atoms with Gasteiger partial charge in [-0.3, -0.25) is 14.9 Å². The van der Waals surface area contributed by atoms with Crippen LogP contribution in [0.3, 0.4) is 0 Å². The number of amides is 1. The van der Waals surface area contributed by atoms with Crippen LogP contribution in [-0.2, 0) is 4.79 Å². The van der Waals surface area contributed by atoms with Crippen molar-refractivity contribution in [3.8, 4) is 0 Å². The van der Waals surface area contributed by atoms with Gasteiger partial charge in [0.15, 0.2) is 0 Å². The molecule has 1 aromatic rings. The number of nitro groups is 1. The lowest BCUT2D eigenvalue weighted by atomic mass is 9.99. The van der Waals surface area contributed by atoms with Crippen LogP contribution in [0.4, 0.5) is 11.4 Å². The summed E-state index contributed by atoms with van der Waals surface area (Å²) in [6.45, 7) is 3.90. The zero-order valence-electron chi connectivity index (χ0n) is 11.4. The number of carbonyl (C=O) groups excluding carboxylic acids is 1. The summed E-state index contributed by atoms with van der Waals surface area (Å²) in [5, 5.41) is 10.6. The second-order valence-corrected chi connectivity index (χ2v) is 4.58. The smallest absolute Gasteiger partial charge is 0.269 e. The first kappa shape index (κ1) is 15.1. The molecule has 0 heterocycles. The number of non-ortho nitro benzene ring substituents is 1. The van der Waals surface area contributed by atoms with Gasteiger partial charge in [-0.2, -0.15) is 0 Å². The van der Waals surface area contributed by atoms with Gasteiger partial charge in [0.1, 0.15) is 0 Å². The fraction of sp³-hybridized carbons (Fsp3) is 0.462. The number of nitro benzene ring substituents is 1. The lowest BCUT2D eigenvalue weighted by Gasteiger charge is -2.24. The van der Waals surface area contributed by atoms with Crippen LogP contribution in [0.25, 0.3) is 0 Å². The minimum atomic E-state index is -0.565. The summed E-state index contributed by atoms with van der Waals surface area (Å²) in [5.74, 6) is -0.101. The number of nitrogens with zero attached hydrogens (tertiary/aromatic N) is 2. The van der Waals surface area contributed by atoms with Gasteiger partial charge in [-0.1, -0.05) is 20.3 Å². The molecule has 1 amide bonds. The molecule has 1 rings (SSSR count). The topological polar surface area (TPSA) is 89.5 Å². The van der Waals surface area contributed by atoms with Gasteiger partial charge in [-0.15, -0.1) is 0 Å². The molecular formula is C13H19N3O3. The van der Waals surface area contributed by atoms with Crippen molar-refractivity contribution in [1.82, 2.24) is 0 Å². The van der Waals surface area contributed by atoms with Crippen LogP contribution in [0, 0.1) is 16.0 Å². The molecule has 0 saturated heterocycles. The summed E-state index contributed by atoms with van der Waals surface area (Å²) in [6.07, 6.45) is 0.820. The Balaban J connectivity index is 2.85. The van der Waals surface area contributed by atoms with E-state index in [9.17, 15) is 14.9 Å². The van der Waals surface area contributed by atoms with Gasteiger partial charge in [0.05, 0.1) is 11.0 Å². The van der Waals surface area contributed by atoms with Crippen molar-refractivity contribution in [3.63, 3.8) is 0 Å². The molecule has 6 heteroatoms. The van der Waals surface area contributed by atoms with Crippen molar-refractivity contribution >= 4 is 17.3 Å². The van der Waals surface area contributed by atoms with E-state index in [4.69, 9.17) is 5.73 Å². The van der Waals surface area contributed by atoms with Crippen molar-refractivity contribution < 1.29 is 9.72 Å². The quantitative estimate of drug-likeness (QED) is 0.650. The Morgan fingerprint density at radius 1 is 1.42 bits per heavy atom. The molecule has 0 bridgehead atoms. The normalized spacial score (nSPS) is 13.7. The molecule has 2 N–H and O–H groups in total. The zero-order chi connectivity index (χ0) is 14.6. The minimum Gasteiger partial charge on any atom is -0.320 e. The van der Waals surface area contributed by atoms with E-state index in [-0.39, 0.29) is 17.5 Å². The number of anilines is 1. The van der Waals surface area contributed by atoms with E-state index in [1.54, 1.807) is 19.2 Å².